The van der Waals surface area contributed by atoms with E-state index in [1.165, 1.54) is 0 Å². The molecule has 1 saturated heterocycles. The van der Waals surface area contributed by atoms with Crippen molar-refractivity contribution in [3.8, 4) is 0 Å². The van der Waals surface area contributed by atoms with Crippen LogP contribution >= 0.6 is 35.6 Å². The van der Waals surface area contributed by atoms with Gasteiger partial charge in [0.25, 0.3) is 0 Å². The molecule has 28 heavy (non-hydrogen) atoms. The van der Waals surface area contributed by atoms with E-state index in [1.54, 1.807) is 18.9 Å². The molecule has 1 aliphatic heterocycles. The predicted molar refractivity (Wildman–Crippen MR) is 124 cm³/mol. The van der Waals surface area contributed by atoms with Gasteiger partial charge in [0.2, 0.25) is 0 Å². The lowest BCUT2D eigenvalue weighted by Gasteiger charge is -2.20. The van der Waals surface area contributed by atoms with Crippen molar-refractivity contribution in [2.24, 2.45) is 4.99 Å². The van der Waals surface area contributed by atoms with Gasteiger partial charge in [-0.25, -0.2) is 4.98 Å². The molecule has 0 bridgehead atoms. The van der Waals surface area contributed by atoms with Crippen molar-refractivity contribution >= 4 is 47.4 Å². The van der Waals surface area contributed by atoms with Crippen molar-refractivity contribution in [3.05, 3.63) is 36.0 Å². The highest BCUT2D eigenvalue weighted by molar-refractivity contribution is 14.0. The van der Waals surface area contributed by atoms with Crippen molar-refractivity contribution < 1.29 is 0 Å². The molecule has 154 valence electrons. The van der Waals surface area contributed by atoms with Gasteiger partial charge >= 0.3 is 0 Å². The molecule has 3 heterocycles. The van der Waals surface area contributed by atoms with Crippen molar-refractivity contribution in [1.29, 1.82) is 0 Å². The smallest absolute Gasteiger partial charge is 0.191 e. The van der Waals surface area contributed by atoms with E-state index in [2.05, 4.69) is 37.6 Å². The largest absolute Gasteiger partial charge is 0.357 e. The fraction of sp³-hybridized carbons (Fsp3) is 0.556. The summed E-state index contributed by atoms with van der Waals surface area (Å²) in [7, 11) is 0. The van der Waals surface area contributed by atoms with Crippen LogP contribution in [0.4, 0.5) is 5.82 Å². The summed E-state index contributed by atoms with van der Waals surface area (Å²) in [5, 5.41) is 15.2. The van der Waals surface area contributed by atoms with Crippen molar-refractivity contribution in [3.63, 3.8) is 0 Å². The number of aromatic nitrogens is 4. The molecule has 8 nitrogen and oxygen atoms in total. The fourth-order valence-corrected chi connectivity index (χ4v) is 3.37. The standard InChI is InChI=1S/C18H27ClN8.HI/c1-2-20-18(22-8-3-4-10-26-13-23-24-14-26)25-15-7-11-27(12-15)17-16(19)6-5-9-21-17;/h5-6,9,13-15H,2-4,7-8,10-12H2,1H3,(H2,20,22,25);1H. The maximum Gasteiger partial charge on any atom is 0.191 e. The summed E-state index contributed by atoms with van der Waals surface area (Å²) in [6, 6.07) is 4.07. The first-order valence-electron chi connectivity index (χ1n) is 9.49. The molecule has 2 aromatic heterocycles. The molecule has 0 radical (unpaired) electrons. The Balaban J connectivity index is 0.00000280. The number of aliphatic imine (C=N–C) groups is 1. The highest BCUT2D eigenvalue weighted by Gasteiger charge is 2.25. The summed E-state index contributed by atoms with van der Waals surface area (Å²) in [6.07, 6.45) is 8.38. The highest BCUT2D eigenvalue weighted by Crippen LogP contribution is 2.25. The van der Waals surface area contributed by atoms with Crippen LogP contribution in [0.15, 0.2) is 36.0 Å². The SMILES string of the molecule is CCNC(=NCCCCn1cnnc1)NC1CCN(c2ncccc2Cl)C1.I. The number of guanidine groups is 1. The molecule has 0 spiro atoms. The maximum atomic E-state index is 6.27. The zero-order valence-electron chi connectivity index (χ0n) is 16.1. The van der Waals surface area contributed by atoms with Crippen LogP contribution in [0.1, 0.15) is 26.2 Å². The van der Waals surface area contributed by atoms with E-state index in [0.29, 0.717) is 11.1 Å². The number of rotatable bonds is 8. The van der Waals surface area contributed by atoms with Crippen LogP contribution in [-0.4, -0.2) is 57.9 Å². The third-order valence-electron chi connectivity index (χ3n) is 4.47. The molecule has 1 atom stereocenters. The van der Waals surface area contributed by atoms with Gasteiger partial charge in [0.15, 0.2) is 5.96 Å². The lowest BCUT2D eigenvalue weighted by molar-refractivity contribution is 0.607. The van der Waals surface area contributed by atoms with Gasteiger partial charge in [-0.1, -0.05) is 11.6 Å². The number of hydrogen-bond donors (Lipinski definition) is 2. The molecule has 0 saturated carbocycles. The van der Waals surface area contributed by atoms with Gasteiger partial charge in [0.05, 0.1) is 5.02 Å². The van der Waals surface area contributed by atoms with E-state index in [-0.39, 0.29) is 24.0 Å². The number of halogens is 2. The summed E-state index contributed by atoms with van der Waals surface area (Å²) in [4.78, 5) is 11.3. The van der Waals surface area contributed by atoms with Crippen LogP contribution < -0.4 is 15.5 Å². The zero-order chi connectivity index (χ0) is 18.9. The first kappa shape index (κ1) is 22.7. The second-order valence-electron chi connectivity index (χ2n) is 6.55. The average Bonchev–Trinajstić information content (AvgIpc) is 3.34. The molecule has 1 fully saturated rings. The van der Waals surface area contributed by atoms with Gasteiger partial charge in [0.1, 0.15) is 18.5 Å². The molecule has 0 amide bonds. The molecule has 10 heteroatoms. The average molecular weight is 519 g/mol. The molecule has 1 unspecified atom stereocenters. The topological polar surface area (TPSA) is 83.3 Å². The third kappa shape index (κ3) is 6.77. The van der Waals surface area contributed by atoms with Gasteiger partial charge in [0, 0.05) is 45.0 Å². The molecule has 2 aromatic rings. The monoisotopic (exact) mass is 518 g/mol. The lowest BCUT2D eigenvalue weighted by Crippen LogP contribution is -2.44. The number of pyridine rings is 1. The van der Waals surface area contributed by atoms with E-state index < -0.39 is 0 Å². The number of unbranched alkanes of at least 4 members (excludes halogenated alkanes) is 1. The van der Waals surface area contributed by atoms with E-state index in [9.17, 15) is 0 Å². The van der Waals surface area contributed by atoms with Crippen LogP contribution in [0.25, 0.3) is 0 Å². The van der Waals surface area contributed by atoms with Gasteiger partial charge in [-0.15, -0.1) is 34.2 Å². The Hall–Kier alpha value is -1.62. The highest BCUT2D eigenvalue weighted by atomic mass is 127. The van der Waals surface area contributed by atoms with E-state index in [1.807, 2.05) is 16.7 Å². The van der Waals surface area contributed by atoms with Gasteiger partial charge < -0.3 is 20.1 Å². The Morgan fingerprint density at radius 2 is 2.14 bits per heavy atom. The van der Waals surface area contributed by atoms with Crippen LogP contribution in [0.3, 0.4) is 0 Å². The summed E-state index contributed by atoms with van der Waals surface area (Å²) in [5.41, 5.74) is 0. The first-order chi connectivity index (χ1) is 13.3. The minimum Gasteiger partial charge on any atom is -0.357 e. The van der Waals surface area contributed by atoms with Crippen molar-refractivity contribution in [1.82, 2.24) is 30.4 Å². The number of nitrogens with zero attached hydrogens (tertiary/aromatic N) is 6. The maximum absolute atomic E-state index is 6.27. The Morgan fingerprint density at radius 1 is 1.32 bits per heavy atom. The lowest BCUT2D eigenvalue weighted by atomic mass is 10.3. The Morgan fingerprint density at radius 3 is 2.89 bits per heavy atom. The first-order valence-corrected chi connectivity index (χ1v) is 9.86. The van der Waals surface area contributed by atoms with Crippen molar-refractivity contribution in [2.75, 3.05) is 31.1 Å². The summed E-state index contributed by atoms with van der Waals surface area (Å²) >= 11 is 6.27. The number of nitrogens with one attached hydrogen (secondary N) is 2. The van der Waals surface area contributed by atoms with Gasteiger partial charge in [-0.3, -0.25) is 4.99 Å². The van der Waals surface area contributed by atoms with Crippen LogP contribution in [-0.2, 0) is 6.54 Å². The van der Waals surface area contributed by atoms with Crippen LogP contribution in [0, 0.1) is 0 Å². The molecule has 1 aliphatic rings. The zero-order valence-corrected chi connectivity index (χ0v) is 19.2. The molecule has 3 rings (SSSR count). The molecule has 0 aliphatic carbocycles. The predicted octanol–water partition coefficient (Wildman–Crippen LogP) is 2.56. The molecule has 0 aromatic carbocycles. The van der Waals surface area contributed by atoms with E-state index >= 15 is 0 Å². The minimum atomic E-state index is 0. The van der Waals surface area contributed by atoms with Crippen molar-refractivity contribution in [2.45, 2.75) is 38.8 Å². The normalized spacial score (nSPS) is 16.7. The van der Waals surface area contributed by atoms with Gasteiger partial charge in [-0.05, 0) is 38.3 Å². The molecular formula is C18H28ClIN8. The van der Waals surface area contributed by atoms with Crippen LogP contribution in [0.2, 0.25) is 5.02 Å². The summed E-state index contributed by atoms with van der Waals surface area (Å²) in [5.74, 6) is 1.74. The molecular weight excluding hydrogens is 491 g/mol. The Bertz CT molecular complexity index is 724. The number of anilines is 1. The van der Waals surface area contributed by atoms with Crippen LogP contribution in [0.5, 0.6) is 0 Å². The fourth-order valence-electron chi connectivity index (χ4n) is 3.13. The number of hydrogen-bond acceptors (Lipinski definition) is 5. The minimum absolute atomic E-state index is 0. The number of aryl methyl sites for hydroxylation is 1. The molecule has 2 N–H and O–H groups in total. The Kier molecular flexibility index (Phi) is 9.76. The Labute approximate surface area is 188 Å². The second-order valence-corrected chi connectivity index (χ2v) is 6.96. The van der Waals surface area contributed by atoms with E-state index in [0.717, 1.165) is 63.8 Å². The van der Waals surface area contributed by atoms with Gasteiger partial charge in [-0.2, -0.15) is 0 Å². The van der Waals surface area contributed by atoms with E-state index in [4.69, 9.17) is 16.6 Å². The quantitative estimate of drug-likeness (QED) is 0.242. The second kappa shape index (κ2) is 12.1. The third-order valence-corrected chi connectivity index (χ3v) is 4.77. The summed E-state index contributed by atoms with van der Waals surface area (Å²) in [6.45, 7) is 6.45. The summed E-state index contributed by atoms with van der Waals surface area (Å²) < 4.78 is 1.99.